The molecule has 1 aromatic carbocycles. The summed E-state index contributed by atoms with van der Waals surface area (Å²) < 4.78 is 8.32. The zero-order chi connectivity index (χ0) is 18.4. The zero-order valence-electron chi connectivity index (χ0n) is 14.9. The third kappa shape index (κ3) is 2.85. The molecule has 0 radical (unpaired) electrons. The lowest BCUT2D eigenvalue weighted by Gasteiger charge is -2.17. The average Bonchev–Trinajstić information content (AvgIpc) is 3.32. The van der Waals surface area contributed by atoms with Gasteiger partial charge < -0.3 is 14.6 Å². The van der Waals surface area contributed by atoms with E-state index in [2.05, 4.69) is 25.1 Å². The minimum absolute atomic E-state index is 0.0522. The highest BCUT2D eigenvalue weighted by molar-refractivity contribution is 6.06. The van der Waals surface area contributed by atoms with E-state index in [1.165, 1.54) is 0 Å². The summed E-state index contributed by atoms with van der Waals surface area (Å²) in [5.41, 5.74) is 2.23. The summed E-state index contributed by atoms with van der Waals surface area (Å²) in [5.74, 6) is 1.57. The number of nitrogens with one attached hydrogen (secondary N) is 1. The van der Waals surface area contributed by atoms with Crippen molar-refractivity contribution in [1.29, 1.82) is 0 Å². The molecule has 3 aromatic rings. The molecule has 2 unspecified atom stereocenters. The molecule has 2 aromatic heterocycles. The van der Waals surface area contributed by atoms with Gasteiger partial charge in [0.25, 0.3) is 5.91 Å². The number of aryl methyl sites for hydroxylation is 1. The SMILES string of the molecule is Cc1ccc2c(c1)C(=O)Nc1cccc(n1)-c1nncn1C1CCC(C1)O2. The molecule has 7 heteroatoms. The predicted octanol–water partition coefficient (Wildman–Crippen LogP) is 3.39. The van der Waals surface area contributed by atoms with E-state index < -0.39 is 0 Å². The summed E-state index contributed by atoms with van der Waals surface area (Å²) in [6, 6.07) is 11.5. The van der Waals surface area contributed by atoms with E-state index in [-0.39, 0.29) is 18.1 Å². The molecule has 3 heterocycles. The highest BCUT2D eigenvalue weighted by Gasteiger charge is 2.31. The number of anilines is 1. The highest BCUT2D eigenvalue weighted by Crippen LogP contribution is 2.36. The van der Waals surface area contributed by atoms with E-state index in [1.807, 2.05) is 37.3 Å². The molecule has 0 saturated heterocycles. The Balaban J connectivity index is 1.65. The summed E-state index contributed by atoms with van der Waals surface area (Å²) in [4.78, 5) is 17.5. The van der Waals surface area contributed by atoms with Gasteiger partial charge in [-0.1, -0.05) is 17.7 Å². The van der Waals surface area contributed by atoms with Crippen molar-refractivity contribution >= 4 is 11.7 Å². The number of fused-ring (bicyclic) bond motifs is 8. The van der Waals surface area contributed by atoms with E-state index in [0.717, 1.165) is 24.8 Å². The number of ether oxygens (including phenoxy) is 1. The predicted molar refractivity (Wildman–Crippen MR) is 99.7 cm³/mol. The molecule has 5 rings (SSSR count). The molecule has 1 fully saturated rings. The van der Waals surface area contributed by atoms with Gasteiger partial charge in [-0.25, -0.2) is 4.98 Å². The Bertz CT molecular complexity index is 1030. The van der Waals surface area contributed by atoms with Gasteiger partial charge in [-0.15, -0.1) is 10.2 Å². The standard InChI is InChI=1S/C20H19N5O2/c1-12-5-8-17-15(9-12)20(26)23-18-4-2-3-16(22-18)19-24-21-11-25(19)13-6-7-14(10-13)27-17/h2-5,8-9,11,13-14H,6-7,10H2,1H3,(H,22,23,26). The number of nitrogens with zero attached hydrogens (tertiary/aromatic N) is 4. The summed E-state index contributed by atoms with van der Waals surface area (Å²) in [6.45, 7) is 1.96. The molecule has 4 bridgehead atoms. The number of rotatable bonds is 0. The lowest BCUT2D eigenvalue weighted by Crippen LogP contribution is -2.18. The van der Waals surface area contributed by atoms with Gasteiger partial charge in [0.05, 0.1) is 5.56 Å². The second-order valence-corrected chi connectivity index (χ2v) is 7.13. The lowest BCUT2D eigenvalue weighted by molar-refractivity contribution is 0.101. The van der Waals surface area contributed by atoms with Crippen LogP contribution in [-0.2, 0) is 0 Å². The minimum Gasteiger partial charge on any atom is -0.490 e. The monoisotopic (exact) mass is 361 g/mol. The van der Waals surface area contributed by atoms with Crippen LogP contribution in [0.5, 0.6) is 5.75 Å². The van der Waals surface area contributed by atoms with Crippen LogP contribution >= 0.6 is 0 Å². The first-order chi connectivity index (χ1) is 13.2. The third-order valence-corrected chi connectivity index (χ3v) is 5.22. The molecule has 1 saturated carbocycles. The maximum absolute atomic E-state index is 12.9. The average molecular weight is 361 g/mol. The Hall–Kier alpha value is -3.22. The Kier molecular flexibility index (Phi) is 3.67. The van der Waals surface area contributed by atoms with Gasteiger partial charge in [-0.05, 0) is 44.0 Å². The van der Waals surface area contributed by atoms with E-state index >= 15 is 0 Å². The van der Waals surface area contributed by atoms with Crippen LogP contribution in [0.3, 0.4) is 0 Å². The second kappa shape index (κ2) is 6.19. The first-order valence-electron chi connectivity index (χ1n) is 9.13. The molecule has 2 aliphatic rings. The molecule has 136 valence electrons. The molecular weight excluding hydrogens is 342 g/mol. The molecule has 7 nitrogen and oxygen atoms in total. The van der Waals surface area contributed by atoms with Gasteiger partial charge >= 0.3 is 0 Å². The fourth-order valence-electron chi connectivity index (χ4n) is 3.89. The highest BCUT2D eigenvalue weighted by atomic mass is 16.5. The number of aromatic nitrogens is 4. The number of amides is 1. The molecule has 1 amide bonds. The lowest BCUT2D eigenvalue weighted by atomic mass is 10.1. The van der Waals surface area contributed by atoms with Crippen molar-refractivity contribution in [1.82, 2.24) is 19.7 Å². The first-order valence-corrected chi connectivity index (χ1v) is 9.13. The van der Waals surface area contributed by atoms with Crippen LogP contribution in [0.2, 0.25) is 0 Å². The first kappa shape index (κ1) is 16.0. The Labute approximate surface area is 156 Å². The topological polar surface area (TPSA) is 81.9 Å². The van der Waals surface area contributed by atoms with Crippen LogP contribution < -0.4 is 10.1 Å². The summed E-state index contributed by atoms with van der Waals surface area (Å²) in [7, 11) is 0. The van der Waals surface area contributed by atoms with Crippen LogP contribution in [-0.4, -0.2) is 31.8 Å². The minimum atomic E-state index is -0.228. The largest absolute Gasteiger partial charge is 0.490 e. The smallest absolute Gasteiger partial charge is 0.260 e. The normalized spacial score (nSPS) is 21.0. The Morgan fingerprint density at radius 1 is 1.22 bits per heavy atom. The summed E-state index contributed by atoms with van der Waals surface area (Å²) in [6.07, 6.45) is 4.55. The van der Waals surface area contributed by atoms with Crippen LogP contribution in [0.15, 0.2) is 42.7 Å². The van der Waals surface area contributed by atoms with Crippen LogP contribution in [0.25, 0.3) is 11.5 Å². The van der Waals surface area contributed by atoms with Gasteiger partial charge in [-0.2, -0.15) is 0 Å². The molecular formula is C20H19N5O2. The maximum Gasteiger partial charge on any atom is 0.260 e. The summed E-state index contributed by atoms with van der Waals surface area (Å²) in [5, 5.41) is 11.2. The second-order valence-electron chi connectivity index (χ2n) is 7.13. The van der Waals surface area contributed by atoms with Crippen molar-refractivity contribution in [3.05, 3.63) is 53.9 Å². The van der Waals surface area contributed by atoms with Crippen molar-refractivity contribution < 1.29 is 9.53 Å². The Morgan fingerprint density at radius 2 is 2.15 bits per heavy atom. The van der Waals surface area contributed by atoms with Crippen molar-refractivity contribution in [3.63, 3.8) is 0 Å². The number of hydrogen-bond acceptors (Lipinski definition) is 5. The van der Waals surface area contributed by atoms with Crippen molar-refractivity contribution in [2.75, 3.05) is 5.32 Å². The zero-order valence-corrected chi connectivity index (χ0v) is 14.9. The molecule has 1 aliphatic heterocycles. The van der Waals surface area contributed by atoms with E-state index in [4.69, 9.17) is 4.74 Å². The molecule has 1 aliphatic carbocycles. The molecule has 27 heavy (non-hydrogen) atoms. The van der Waals surface area contributed by atoms with Crippen molar-refractivity contribution in [3.8, 4) is 17.3 Å². The molecule has 2 atom stereocenters. The van der Waals surface area contributed by atoms with Crippen LogP contribution in [0.4, 0.5) is 5.82 Å². The van der Waals surface area contributed by atoms with E-state index in [0.29, 0.717) is 28.6 Å². The maximum atomic E-state index is 12.9. The van der Waals surface area contributed by atoms with Crippen LogP contribution in [0, 0.1) is 6.92 Å². The molecule has 0 spiro atoms. The Morgan fingerprint density at radius 3 is 3.07 bits per heavy atom. The number of hydrogen-bond donors (Lipinski definition) is 1. The van der Waals surface area contributed by atoms with E-state index in [9.17, 15) is 4.79 Å². The van der Waals surface area contributed by atoms with E-state index in [1.54, 1.807) is 12.4 Å². The summed E-state index contributed by atoms with van der Waals surface area (Å²) >= 11 is 0. The number of carbonyl (C=O) groups excluding carboxylic acids is 1. The quantitative estimate of drug-likeness (QED) is 0.664. The van der Waals surface area contributed by atoms with Gasteiger partial charge in [0.2, 0.25) is 0 Å². The number of carbonyl (C=O) groups is 1. The fourth-order valence-corrected chi connectivity index (χ4v) is 3.89. The van der Waals surface area contributed by atoms with Crippen molar-refractivity contribution in [2.45, 2.75) is 38.3 Å². The van der Waals surface area contributed by atoms with Gasteiger partial charge in [0.15, 0.2) is 5.82 Å². The number of pyridine rings is 1. The van der Waals surface area contributed by atoms with Crippen LogP contribution in [0.1, 0.15) is 41.2 Å². The van der Waals surface area contributed by atoms with Gasteiger partial charge in [-0.3, -0.25) is 4.79 Å². The van der Waals surface area contributed by atoms with Gasteiger partial charge in [0, 0.05) is 12.5 Å². The third-order valence-electron chi connectivity index (χ3n) is 5.22. The fraction of sp³-hybridized carbons (Fsp3) is 0.300. The molecule has 1 N–H and O–H groups in total. The van der Waals surface area contributed by atoms with Gasteiger partial charge in [0.1, 0.15) is 29.7 Å². The number of benzene rings is 1. The van der Waals surface area contributed by atoms with Crippen molar-refractivity contribution in [2.24, 2.45) is 0 Å².